The Morgan fingerprint density at radius 1 is 1.19 bits per heavy atom. The highest BCUT2D eigenvalue weighted by Gasteiger charge is 2.19. The number of benzene rings is 2. The minimum absolute atomic E-state index is 0.172. The van der Waals surface area contributed by atoms with E-state index in [0.29, 0.717) is 13.0 Å². The summed E-state index contributed by atoms with van der Waals surface area (Å²) in [5.74, 6) is 0.982. The van der Waals surface area contributed by atoms with Crippen LogP contribution >= 0.6 is 0 Å². The lowest BCUT2D eigenvalue weighted by atomic mass is 9.98. The third kappa shape index (κ3) is 3.47. The van der Waals surface area contributed by atoms with E-state index in [1.54, 1.807) is 7.11 Å². The molecule has 0 bridgehead atoms. The minimum Gasteiger partial charge on any atom is -0.497 e. The van der Waals surface area contributed by atoms with Crippen LogP contribution in [0.2, 0.25) is 0 Å². The summed E-state index contributed by atoms with van der Waals surface area (Å²) in [5.41, 5.74) is 6.05. The van der Waals surface area contributed by atoms with Crippen molar-refractivity contribution in [3.8, 4) is 5.75 Å². The molecular formula is C23H24N2O2. The molecule has 0 aliphatic carbocycles. The van der Waals surface area contributed by atoms with Gasteiger partial charge in [-0.25, -0.2) is 0 Å². The van der Waals surface area contributed by atoms with Crippen molar-refractivity contribution in [2.45, 2.75) is 19.8 Å². The van der Waals surface area contributed by atoms with E-state index in [1.807, 2.05) is 29.2 Å². The van der Waals surface area contributed by atoms with Gasteiger partial charge in [-0.05, 0) is 42.2 Å². The Kier molecular flexibility index (Phi) is 4.71. The van der Waals surface area contributed by atoms with E-state index < -0.39 is 0 Å². The molecule has 138 valence electrons. The number of ether oxygens (including phenoxy) is 1. The van der Waals surface area contributed by atoms with Gasteiger partial charge in [-0.1, -0.05) is 36.4 Å². The van der Waals surface area contributed by atoms with Crippen LogP contribution in [-0.2, 0) is 11.2 Å². The van der Waals surface area contributed by atoms with E-state index in [4.69, 9.17) is 4.74 Å². The summed E-state index contributed by atoms with van der Waals surface area (Å²) in [6, 6.07) is 14.1. The first-order valence-electron chi connectivity index (χ1n) is 9.32. The zero-order chi connectivity index (χ0) is 18.8. The second-order valence-corrected chi connectivity index (χ2v) is 7.04. The molecule has 4 rings (SSSR count). The van der Waals surface area contributed by atoms with Crippen LogP contribution in [0.5, 0.6) is 5.75 Å². The molecule has 4 heteroatoms. The lowest BCUT2D eigenvalue weighted by Gasteiger charge is -2.26. The fourth-order valence-corrected chi connectivity index (χ4v) is 3.74. The topological polar surface area (TPSA) is 45.3 Å². The summed E-state index contributed by atoms with van der Waals surface area (Å²) in [6.07, 6.45) is 5.60. The molecule has 1 aromatic heterocycles. The van der Waals surface area contributed by atoms with Gasteiger partial charge in [0.25, 0.3) is 0 Å². The molecule has 0 saturated heterocycles. The van der Waals surface area contributed by atoms with Gasteiger partial charge in [0.2, 0.25) is 5.91 Å². The van der Waals surface area contributed by atoms with Crippen molar-refractivity contribution in [2.24, 2.45) is 0 Å². The van der Waals surface area contributed by atoms with Crippen molar-refractivity contribution < 1.29 is 9.53 Å². The number of nitrogens with one attached hydrogen (secondary N) is 1. The van der Waals surface area contributed by atoms with Gasteiger partial charge in [0.05, 0.1) is 13.5 Å². The van der Waals surface area contributed by atoms with Crippen LogP contribution in [0.15, 0.2) is 54.7 Å². The van der Waals surface area contributed by atoms with Crippen molar-refractivity contribution in [2.75, 3.05) is 20.2 Å². The van der Waals surface area contributed by atoms with Gasteiger partial charge in [0.1, 0.15) is 5.75 Å². The summed E-state index contributed by atoms with van der Waals surface area (Å²) in [5, 5.41) is 1.26. The predicted octanol–water partition coefficient (Wildman–Crippen LogP) is 4.34. The molecule has 2 aromatic carbocycles. The Labute approximate surface area is 159 Å². The molecule has 4 nitrogen and oxygen atoms in total. The number of para-hydroxylation sites is 1. The van der Waals surface area contributed by atoms with Crippen LogP contribution in [-0.4, -0.2) is 36.0 Å². The van der Waals surface area contributed by atoms with E-state index in [1.165, 1.54) is 27.6 Å². The molecule has 0 unspecified atom stereocenters. The highest BCUT2D eigenvalue weighted by Crippen LogP contribution is 2.30. The number of aryl methyl sites for hydroxylation is 1. The van der Waals surface area contributed by atoms with Crippen LogP contribution in [0.3, 0.4) is 0 Å². The number of nitrogens with zero attached hydrogens (tertiary/aromatic N) is 1. The number of fused-ring (bicyclic) bond motifs is 1. The van der Waals surface area contributed by atoms with Crippen molar-refractivity contribution in [3.63, 3.8) is 0 Å². The fourth-order valence-electron chi connectivity index (χ4n) is 3.74. The molecule has 2 heterocycles. The van der Waals surface area contributed by atoms with Gasteiger partial charge in [0.15, 0.2) is 0 Å². The number of carbonyl (C=O) groups is 1. The normalized spacial score (nSPS) is 14.3. The maximum atomic E-state index is 12.6. The molecule has 0 fully saturated rings. The second kappa shape index (κ2) is 7.31. The van der Waals surface area contributed by atoms with Crippen molar-refractivity contribution in [3.05, 3.63) is 71.4 Å². The largest absolute Gasteiger partial charge is 0.497 e. The molecule has 0 saturated carbocycles. The summed E-state index contributed by atoms with van der Waals surface area (Å²) in [6.45, 7) is 3.56. The molecule has 0 radical (unpaired) electrons. The highest BCUT2D eigenvalue weighted by molar-refractivity contribution is 5.94. The zero-order valence-corrected chi connectivity index (χ0v) is 15.8. The van der Waals surface area contributed by atoms with Crippen LogP contribution in [0.1, 0.15) is 23.1 Å². The second-order valence-electron chi connectivity index (χ2n) is 7.04. The standard InChI is InChI=1S/C23H24N2O2/c1-16-4-3-5-20-21(15-24-23(16)20)18-10-12-25(13-11-18)22(26)14-17-6-8-19(27-2)9-7-17/h3-10,15,24H,11-14H2,1-2H3. The van der Waals surface area contributed by atoms with Crippen molar-refractivity contribution >= 4 is 22.4 Å². The summed E-state index contributed by atoms with van der Waals surface area (Å²) >= 11 is 0. The van der Waals surface area contributed by atoms with Gasteiger partial charge >= 0.3 is 0 Å². The number of methoxy groups -OCH3 is 1. The Bertz CT molecular complexity index is 999. The first-order chi connectivity index (χ1) is 13.2. The van der Waals surface area contributed by atoms with Gasteiger partial charge in [-0.2, -0.15) is 0 Å². The molecule has 0 spiro atoms. The highest BCUT2D eigenvalue weighted by atomic mass is 16.5. The smallest absolute Gasteiger partial charge is 0.227 e. The lowest BCUT2D eigenvalue weighted by molar-refractivity contribution is -0.130. The Morgan fingerprint density at radius 2 is 2.00 bits per heavy atom. The predicted molar refractivity (Wildman–Crippen MR) is 109 cm³/mol. The van der Waals surface area contributed by atoms with Crippen LogP contribution in [0.25, 0.3) is 16.5 Å². The maximum absolute atomic E-state index is 12.6. The van der Waals surface area contributed by atoms with Gasteiger partial charge in [0, 0.05) is 35.8 Å². The summed E-state index contributed by atoms with van der Waals surface area (Å²) < 4.78 is 5.17. The number of hydrogen-bond donors (Lipinski definition) is 1. The third-order valence-corrected chi connectivity index (χ3v) is 5.35. The van der Waals surface area contributed by atoms with E-state index in [2.05, 4.69) is 42.4 Å². The van der Waals surface area contributed by atoms with Crippen LogP contribution in [0, 0.1) is 6.92 Å². The van der Waals surface area contributed by atoms with E-state index in [9.17, 15) is 4.79 Å². The Balaban J connectivity index is 1.45. The first-order valence-corrected chi connectivity index (χ1v) is 9.32. The molecule has 3 aromatic rings. The first kappa shape index (κ1) is 17.4. The number of carbonyl (C=O) groups excluding carboxylic acids is 1. The van der Waals surface area contributed by atoms with E-state index in [-0.39, 0.29) is 5.91 Å². The Morgan fingerprint density at radius 3 is 2.70 bits per heavy atom. The van der Waals surface area contributed by atoms with Crippen LogP contribution in [0.4, 0.5) is 0 Å². The molecule has 1 aliphatic heterocycles. The van der Waals surface area contributed by atoms with E-state index >= 15 is 0 Å². The van der Waals surface area contributed by atoms with Crippen molar-refractivity contribution in [1.82, 2.24) is 9.88 Å². The molecule has 1 aliphatic rings. The zero-order valence-electron chi connectivity index (χ0n) is 15.8. The average Bonchev–Trinajstić information content (AvgIpc) is 3.14. The lowest BCUT2D eigenvalue weighted by Crippen LogP contribution is -2.35. The summed E-state index contributed by atoms with van der Waals surface area (Å²) in [4.78, 5) is 18.0. The molecule has 1 amide bonds. The number of rotatable bonds is 4. The molecule has 0 atom stereocenters. The summed E-state index contributed by atoms with van der Waals surface area (Å²) in [7, 11) is 1.65. The van der Waals surface area contributed by atoms with Gasteiger partial charge in [-0.15, -0.1) is 0 Å². The van der Waals surface area contributed by atoms with E-state index in [0.717, 1.165) is 24.3 Å². The number of aromatic nitrogens is 1. The minimum atomic E-state index is 0.172. The molecule has 27 heavy (non-hydrogen) atoms. The fraction of sp³-hybridized carbons (Fsp3) is 0.261. The van der Waals surface area contributed by atoms with Crippen molar-refractivity contribution in [1.29, 1.82) is 0 Å². The monoisotopic (exact) mass is 360 g/mol. The van der Waals surface area contributed by atoms with Gasteiger partial charge < -0.3 is 14.6 Å². The molecular weight excluding hydrogens is 336 g/mol. The van der Waals surface area contributed by atoms with Crippen LogP contribution < -0.4 is 4.74 Å². The maximum Gasteiger partial charge on any atom is 0.227 e. The quantitative estimate of drug-likeness (QED) is 0.752. The third-order valence-electron chi connectivity index (χ3n) is 5.35. The number of hydrogen-bond acceptors (Lipinski definition) is 2. The Hall–Kier alpha value is -3.01. The average molecular weight is 360 g/mol. The number of amides is 1. The van der Waals surface area contributed by atoms with Gasteiger partial charge in [-0.3, -0.25) is 4.79 Å². The number of H-pyrrole nitrogens is 1. The number of aromatic amines is 1. The SMILES string of the molecule is COc1ccc(CC(=O)N2CC=C(c3c[nH]c4c(C)cccc34)CC2)cc1. The molecule has 1 N–H and O–H groups in total.